The van der Waals surface area contributed by atoms with Crippen LogP contribution in [0.15, 0.2) is 24.3 Å². The van der Waals surface area contributed by atoms with Crippen molar-refractivity contribution in [2.45, 2.75) is 32.2 Å². The number of benzene rings is 1. The van der Waals surface area contributed by atoms with Gasteiger partial charge in [-0.15, -0.1) is 12.4 Å². The van der Waals surface area contributed by atoms with Gasteiger partial charge in [-0.1, -0.05) is 6.92 Å². The van der Waals surface area contributed by atoms with Crippen LogP contribution in [0.5, 0.6) is 0 Å². The van der Waals surface area contributed by atoms with E-state index in [-0.39, 0.29) is 30.1 Å². The standard InChI is InChI=1S/C15H23N3O3S.ClH/c1-2-10-22(20,21)17-14-7-5-12(6-8-14)15(19)18-9-3-4-13(16)11-18;/h5-8,13,17H,2-4,9-11,16H2,1H3;1H. The van der Waals surface area contributed by atoms with E-state index in [4.69, 9.17) is 5.73 Å². The molecule has 0 spiro atoms. The lowest BCUT2D eigenvalue weighted by molar-refractivity contribution is 0.0709. The highest BCUT2D eigenvalue weighted by atomic mass is 35.5. The van der Waals surface area contributed by atoms with Crippen LogP contribution < -0.4 is 10.5 Å². The Bertz CT molecular complexity index is 619. The van der Waals surface area contributed by atoms with Crippen molar-refractivity contribution < 1.29 is 13.2 Å². The van der Waals surface area contributed by atoms with Crippen LogP contribution in [0.2, 0.25) is 0 Å². The van der Waals surface area contributed by atoms with E-state index in [1.807, 2.05) is 6.92 Å². The maximum Gasteiger partial charge on any atom is 0.253 e. The highest BCUT2D eigenvalue weighted by molar-refractivity contribution is 7.92. The fraction of sp³-hybridized carbons (Fsp3) is 0.533. The number of halogens is 1. The fourth-order valence-electron chi connectivity index (χ4n) is 2.56. The normalized spacial score (nSPS) is 18.2. The van der Waals surface area contributed by atoms with E-state index in [2.05, 4.69) is 4.72 Å². The Balaban J connectivity index is 0.00000264. The van der Waals surface area contributed by atoms with Gasteiger partial charge >= 0.3 is 0 Å². The number of nitrogens with one attached hydrogen (secondary N) is 1. The number of sulfonamides is 1. The largest absolute Gasteiger partial charge is 0.337 e. The number of likely N-dealkylation sites (tertiary alicyclic amines) is 1. The van der Waals surface area contributed by atoms with Gasteiger partial charge in [-0.25, -0.2) is 8.42 Å². The van der Waals surface area contributed by atoms with E-state index in [1.54, 1.807) is 29.2 Å². The summed E-state index contributed by atoms with van der Waals surface area (Å²) < 4.78 is 25.9. The number of anilines is 1. The predicted octanol–water partition coefficient (Wildman–Crippen LogP) is 1.82. The molecule has 1 fully saturated rings. The monoisotopic (exact) mass is 361 g/mol. The number of carbonyl (C=O) groups is 1. The third kappa shape index (κ3) is 5.67. The molecule has 1 aromatic carbocycles. The number of hydrogen-bond donors (Lipinski definition) is 2. The van der Waals surface area contributed by atoms with Gasteiger partial charge in [-0.05, 0) is 43.5 Å². The first-order valence-corrected chi connectivity index (χ1v) is 9.22. The Hall–Kier alpha value is -1.31. The first-order valence-electron chi connectivity index (χ1n) is 7.56. The van der Waals surface area contributed by atoms with E-state index in [1.165, 1.54) is 0 Å². The maximum atomic E-state index is 12.4. The van der Waals surface area contributed by atoms with Crippen LogP contribution in [0.1, 0.15) is 36.5 Å². The number of nitrogens with zero attached hydrogens (tertiary/aromatic N) is 1. The first kappa shape index (κ1) is 19.7. The Morgan fingerprint density at radius 1 is 1.35 bits per heavy atom. The smallest absolute Gasteiger partial charge is 0.253 e. The zero-order chi connectivity index (χ0) is 16.2. The van der Waals surface area contributed by atoms with Gasteiger partial charge in [0.05, 0.1) is 5.75 Å². The topological polar surface area (TPSA) is 92.5 Å². The van der Waals surface area contributed by atoms with Gasteiger partial charge in [0.25, 0.3) is 5.91 Å². The molecule has 0 bridgehead atoms. The molecule has 1 amide bonds. The molecule has 1 saturated heterocycles. The van der Waals surface area contributed by atoms with E-state index >= 15 is 0 Å². The molecule has 0 aromatic heterocycles. The SMILES string of the molecule is CCCS(=O)(=O)Nc1ccc(C(=O)N2CCCC(N)C2)cc1.Cl. The predicted molar refractivity (Wildman–Crippen MR) is 94.5 cm³/mol. The van der Waals surface area contributed by atoms with Gasteiger partial charge in [-0.2, -0.15) is 0 Å². The van der Waals surface area contributed by atoms with Crippen LogP contribution >= 0.6 is 12.4 Å². The van der Waals surface area contributed by atoms with E-state index in [0.717, 1.165) is 19.4 Å². The van der Waals surface area contributed by atoms with Crippen molar-refractivity contribution in [3.8, 4) is 0 Å². The minimum absolute atomic E-state index is 0. The summed E-state index contributed by atoms with van der Waals surface area (Å²) in [7, 11) is -3.31. The van der Waals surface area contributed by atoms with Crippen LogP contribution in [0.3, 0.4) is 0 Å². The first-order chi connectivity index (χ1) is 10.4. The van der Waals surface area contributed by atoms with Crippen molar-refractivity contribution in [1.82, 2.24) is 4.90 Å². The molecule has 0 aliphatic carbocycles. The summed E-state index contributed by atoms with van der Waals surface area (Å²) in [5.41, 5.74) is 6.91. The molecule has 8 heteroatoms. The van der Waals surface area contributed by atoms with Crippen LogP contribution in [-0.4, -0.2) is 44.1 Å². The summed E-state index contributed by atoms with van der Waals surface area (Å²) in [6, 6.07) is 6.56. The molecule has 3 N–H and O–H groups in total. The summed E-state index contributed by atoms with van der Waals surface area (Å²) in [6.45, 7) is 3.10. The zero-order valence-electron chi connectivity index (χ0n) is 13.2. The molecule has 0 radical (unpaired) electrons. The third-order valence-electron chi connectivity index (χ3n) is 3.62. The molecular formula is C15H24ClN3O3S. The van der Waals surface area contributed by atoms with Crippen molar-refractivity contribution in [3.63, 3.8) is 0 Å². The van der Waals surface area contributed by atoms with Crippen LogP contribution in [0.25, 0.3) is 0 Å². The Morgan fingerprint density at radius 3 is 2.57 bits per heavy atom. The Morgan fingerprint density at radius 2 is 2.00 bits per heavy atom. The average molecular weight is 362 g/mol. The third-order valence-corrected chi connectivity index (χ3v) is 5.12. The number of piperidine rings is 1. The second-order valence-corrected chi connectivity index (χ2v) is 7.49. The number of hydrogen-bond acceptors (Lipinski definition) is 4. The van der Waals surface area contributed by atoms with Gasteiger partial charge < -0.3 is 10.6 Å². The minimum atomic E-state index is -3.31. The zero-order valence-corrected chi connectivity index (χ0v) is 14.8. The molecule has 0 saturated carbocycles. The lowest BCUT2D eigenvalue weighted by Crippen LogP contribution is -2.45. The summed E-state index contributed by atoms with van der Waals surface area (Å²) >= 11 is 0. The average Bonchev–Trinajstić information content (AvgIpc) is 2.47. The Labute approximate surface area is 143 Å². The molecule has 1 unspecified atom stereocenters. The number of amides is 1. The molecule has 1 aromatic rings. The van der Waals surface area contributed by atoms with Gasteiger partial charge in [0.2, 0.25) is 10.0 Å². The van der Waals surface area contributed by atoms with Gasteiger partial charge in [0.15, 0.2) is 0 Å². The Kier molecular flexibility index (Phi) is 7.31. The molecule has 2 rings (SSSR count). The minimum Gasteiger partial charge on any atom is -0.337 e. The van der Waals surface area contributed by atoms with Crippen LogP contribution in [0.4, 0.5) is 5.69 Å². The van der Waals surface area contributed by atoms with Crippen molar-refractivity contribution in [2.24, 2.45) is 5.73 Å². The highest BCUT2D eigenvalue weighted by Gasteiger charge is 2.22. The van der Waals surface area contributed by atoms with Gasteiger partial charge in [0.1, 0.15) is 0 Å². The van der Waals surface area contributed by atoms with Gasteiger partial charge in [-0.3, -0.25) is 9.52 Å². The van der Waals surface area contributed by atoms with E-state index in [0.29, 0.717) is 24.2 Å². The molecule has 1 aliphatic heterocycles. The molecule has 1 aliphatic rings. The molecule has 130 valence electrons. The molecule has 23 heavy (non-hydrogen) atoms. The maximum absolute atomic E-state index is 12.4. The highest BCUT2D eigenvalue weighted by Crippen LogP contribution is 2.16. The molecule has 1 atom stereocenters. The van der Waals surface area contributed by atoms with Crippen LogP contribution in [0, 0.1) is 0 Å². The molecule has 6 nitrogen and oxygen atoms in total. The molecular weight excluding hydrogens is 338 g/mol. The fourth-order valence-corrected chi connectivity index (χ4v) is 3.69. The van der Waals surface area contributed by atoms with Crippen LogP contribution in [-0.2, 0) is 10.0 Å². The van der Waals surface area contributed by atoms with Crippen molar-refractivity contribution in [1.29, 1.82) is 0 Å². The van der Waals surface area contributed by atoms with Gasteiger partial charge in [0, 0.05) is 30.4 Å². The second-order valence-electron chi connectivity index (χ2n) is 5.65. The molecule has 1 heterocycles. The summed E-state index contributed by atoms with van der Waals surface area (Å²) in [6.07, 6.45) is 2.42. The van der Waals surface area contributed by atoms with E-state index in [9.17, 15) is 13.2 Å². The van der Waals surface area contributed by atoms with Crippen molar-refractivity contribution in [3.05, 3.63) is 29.8 Å². The number of carbonyl (C=O) groups excluding carboxylic acids is 1. The lowest BCUT2D eigenvalue weighted by atomic mass is 10.1. The summed E-state index contributed by atoms with van der Waals surface area (Å²) in [5.74, 6) is 0.0254. The van der Waals surface area contributed by atoms with Crippen molar-refractivity contribution >= 4 is 34.0 Å². The summed E-state index contributed by atoms with van der Waals surface area (Å²) in [5, 5.41) is 0. The number of nitrogens with two attached hydrogens (primary N) is 1. The number of rotatable bonds is 5. The second kappa shape index (κ2) is 8.52. The lowest BCUT2D eigenvalue weighted by Gasteiger charge is -2.30. The van der Waals surface area contributed by atoms with E-state index < -0.39 is 10.0 Å². The quantitative estimate of drug-likeness (QED) is 0.836. The summed E-state index contributed by atoms with van der Waals surface area (Å²) in [4.78, 5) is 14.1. The van der Waals surface area contributed by atoms with Crippen molar-refractivity contribution in [2.75, 3.05) is 23.6 Å².